The molecule has 14 aromatic carbocycles. The fraction of sp³-hybridized carbons (Fsp3) is 0.0667. The molecule has 438 valence electrons. The minimum absolute atomic E-state index is 0.468. The first-order valence-electron chi connectivity index (χ1n) is 32.1. The molecule has 2 aliphatic rings. The molecule has 2 atom stereocenters. The first kappa shape index (κ1) is 56.0. The van der Waals surface area contributed by atoms with Gasteiger partial charge in [-0.15, -0.1) is 0 Å². The molecule has 0 bridgehead atoms. The van der Waals surface area contributed by atoms with Crippen LogP contribution in [0.4, 0.5) is 34.1 Å². The fourth-order valence-corrected chi connectivity index (χ4v) is 15.4. The van der Waals surface area contributed by atoms with Crippen molar-refractivity contribution in [2.24, 2.45) is 0 Å². The molecule has 16 rings (SSSR count). The summed E-state index contributed by atoms with van der Waals surface area (Å²) in [6.07, 6.45) is 5.45. The van der Waals surface area contributed by atoms with Crippen LogP contribution in [0.3, 0.4) is 0 Å². The molecule has 0 N–H and O–H groups in total. The van der Waals surface area contributed by atoms with Crippen molar-refractivity contribution < 1.29 is 0 Å². The van der Waals surface area contributed by atoms with Gasteiger partial charge in [-0.1, -0.05) is 291 Å². The summed E-state index contributed by atoms with van der Waals surface area (Å²) in [7, 11) is 0. The van der Waals surface area contributed by atoms with Gasteiger partial charge in [-0.3, -0.25) is 0 Å². The molecule has 2 unspecified atom stereocenters. The van der Waals surface area contributed by atoms with E-state index in [0.29, 0.717) is 0 Å². The largest absolute Gasteiger partial charge is 0.310 e. The number of hydrogen-bond donors (Lipinski definition) is 0. The lowest BCUT2D eigenvalue weighted by atomic mass is 9.68. The van der Waals surface area contributed by atoms with E-state index in [2.05, 4.69) is 352 Å². The van der Waals surface area contributed by atoms with Gasteiger partial charge in [0, 0.05) is 33.5 Å². The number of rotatable bonds is 15. The van der Waals surface area contributed by atoms with E-state index in [-0.39, 0.29) is 0 Å². The third-order valence-corrected chi connectivity index (χ3v) is 19.8. The summed E-state index contributed by atoms with van der Waals surface area (Å²) >= 11 is 0. The lowest BCUT2D eigenvalue weighted by molar-refractivity contribution is 0.629. The molecule has 14 aromatic rings. The Hall–Kier alpha value is -11.3. The molecule has 2 heteroatoms. The van der Waals surface area contributed by atoms with Crippen LogP contribution in [0, 0.1) is 13.8 Å². The Bertz CT molecular complexity index is 4830. The highest BCUT2D eigenvalue weighted by molar-refractivity contribution is 6.01. The molecule has 0 amide bonds. The van der Waals surface area contributed by atoms with E-state index < -0.39 is 10.8 Å². The normalized spacial score (nSPS) is 15.1. The van der Waals surface area contributed by atoms with E-state index in [0.717, 1.165) is 69.2 Å². The van der Waals surface area contributed by atoms with Gasteiger partial charge in [-0.25, -0.2) is 0 Å². The average molecular weight is 1180 g/mol. The van der Waals surface area contributed by atoms with E-state index in [9.17, 15) is 0 Å². The lowest BCUT2D eigenvalue weighted by Gasteiger charge is -2.35. The van der Waals surface area contributed by atoms with Gasteiger partial charge in [0.25, 0.3) is 0 Å². The van der Waals surface area contributed by atoms with Gasteiger partial charge in [0.1, 0.15) is 0 Å². The number of hydrogen-bond acceptors (Lipinski definition) is 2. The van der Waals surface area contributed by atoms with Gasteiger partial charge >= 0.3 is 0 Å². The molecular weight excluding hydrogens is 1110 g/mol. The summed E-state index contributed by atoms with van der Waals surface area (Å²) < 4.78 is 0. The third-order valence-electron chi connectivity index (χ3n) is 19.8. The zero-order chi connectivity index (χ0) is 61.9. The molecule has 0 heterocycles. The number of fused-ring (bicyclic) bond motifs is 8. The maximum atomic E-state index is 4.07. The summed E-state index contributed by atoms with van der Waals surface area (Å²) in [5.41, 5.74) is 28.2. The first-order valence-corrected chi connectivity index (χ1v) is 32.1. The third kappa shape index (κ3) is 9.40. The molecule has 0 fully saturated rings. The average Bonchev–Trinajstić information content (AvgIpc) is 1.54. The monoisotopic (exact) mass is 1180 g/mol. The summed E-state index contributed by atoms with van der Waals surface area (Å²) in [4.78, 5) is 4.95. The number of anilines is 6. The maximum Gasteiger partial charge on any atom is 0.0540 e. The van der Waals surface area contributed by atoms with Gasteiger partial charge in [0.15, 0.2) is 0 Å². The fourth-order valence-electron chi connectivity index (χ4n) is 15.4. The molecular formula is C90H68N2. The second kappa shape index (κ2) is 22.9. The Balaban J connectivity index is 0.813. The van der Waals surface area contributed by atoms with Crippen LogP contribution in [0.2, 0.25) is 0 Å². The molecule has 0 aliphatic heterocycles. The summed E-state index contributed by atoms with van der Waals surface area (Å²) in [6, 6.07) is 118. The smallest absolute Gasteiger partial charge is 0.0540 e. The van der Waals surface area contributed by atoms with Gasteiger partial charge in [0.2, 0.25) is 0 Å². The van der Waals surface area contributed by atoms with Crippen LogP contribution in [0.25, 0.3) is 67.1 Å². The van der Waals surface area contributed by atoms with Gasteiger partial charge in [0.05, 0.1) is 22.2 Å². The Labute approximate surface area is 540 Å². The number of aryl methyl sites for hydroxylation is 2. The van der Waals surface area contributed by atoms with E-state index >= 15 is 0 Å². The van der Waals surface area contributed by atoms with Crippen LogP contribution in [0.15, 0.2) is 329 Å². The molecule has 0 aromatic heterocycles. The SMILES string of the molecule is C=Cc1ccc(CC2(c3cccc(C)c3)c3ccccc3-c3ccc(N(c4ccc(-c5ccc(N(c6ccc7c(c6)C(Cc6ccc(C=C)cc6)(c6cccc(C)c6)c6ccccc6-7)c6cccc7ccccc67)cc5)cc4)c4cccc5ccccc45)cc32)cc1. The van der Waals surface area contributed by atoms with Crippen molar-refractivity contribution in [2.45, 2.75) is 37.5 Å². The summed E-state index contributed by atoms with van der Waals surface area (Å²) in [5, 5.41) is 4.77. The molecule has 2 aliphatic carbocycles. The molecule has 92 heavy (non-hydrogen) atoms. The minimum Gasteiger partial charge on any atom is -0.310 e. The zero-order valence-corrected chi connectivity index (χ0v) is 51.9. The van der Waals surface area contributed by atoms with Gasteiger partial charge < -0.3 is 9.80 Å². The molecule has 0 saturated heterocycles. The lowest BCUT2D eigenvalue weighted by Crippen LogP contribution is -2.30. The Kier molecular flexibility index (Phi) is 13.9. The van der Waals surface area contributed by atoms with E-state index in [4.69, 9.17) is 0 Å². The highest BCUT2D eigenvalue weighted by Crippen LogP contribution is 2.58. The van der Waals surface area contributed by atoms with E-state index in [1.807, 2.05) is 12.2 Å². The van der Waals surface area contributed by atoms with Crippen LogP contribution >= 0.6 is 0 Å². The summed E-state index contributed by atoms with van der Waals surface area (Å²) in [6.45, 7) is 12.6. The zero-order valence-electron chi connectivity index (χ0n) is 51.9. The van der Waals surface area contributed by atoms with Crippen molar-refractivity contribution in [2.75, 3.05) is 9.80 Å². The van der Waals surface area contributed by atoms with Crippen molar-refractivity contribution in [1.29, 1.82) is 0 Å². The number of benzene rings is 14. The van der Waals surface area contributed by atoms with Crippen LogP contribution in [-0.4, -0.2) is 0 Å². The van der Waals surface area contributed by atoms with Crippen molar-refractivity contribution in [3.05, 3.63) is 395 Å². The summed E-state index contributed by atoms with van der Waals surface area (Å²) in [5.74, 6) is 0. The molecule has 0 spiro atoms. The molecule has 0 radical (unpaired) electrons. The predicted octanol–water partition coefficient (Wildman–Crippen LogP) is 23.6. The first-order chi connectivity index (χ1) is 45.3. The van der Waals surface area contributed by atoms with Crippen molar-refractivity contribution >= 4 is 67.8 Å². The van der Waals surface area contributed by atoms with E-state index in [1.165, 1.54) is 99.4 Å². The number of nitrogens with zero attached hydrogens (tertiary/aromatic N) is 2. The molecule has 2 nitrogen and oxygen atoms in total. The maximum absolute atomic E-state index is 4.07. The Morgan fingerprint density at radius 3 is 1.08 bits per heavy atom. The van der Waals surface area contributed by atoms with Crippen LogP contribution in [0.1, 0.15) is 66.8 Å². The van der Waals surface area contributed by atoms with Crippen molar-refractivity contribution in [3.63, 3.8) is 0 Å². The van der Waals surface area contributed by atoms with Crippen LogP contribution < -0.4 is 9.80 Å². The van der Waals surface area contributed by atoms with Gasteiger partial charge in [-0.05, 0) is 187 Å². The second-order valence-electron chi connectivity index (χ2n) is 25.1. The van der Waals surface area contributed by atoms with Crippen LogP contribution in [0.5, 0.6) is 0 Å². The van der Waals surface area contributed by atoms with Crippen LogP contribution in [-0.2, 0) is 23.7 Å². The van der Waals surface area contributed by atoms with E-state index in [1.54, 1.807) is 0 Å². The molecule has 0 saturated carbocycles. The Morgan fingerprint density at radius 1 is 0.304 bits per heavy atom. The quantitative estimate of drug-likeness (QED) is 0.101. The highest BCUT2D eigenvalue weighted by Gasteiger charge is 2.47. The van der Waals surface area contributed by atoms with Gasteiger partial charge in [-0.2, -0.15) is 0 Å². The standard InChI is InChI=1S/C90H68N2/c1-5-63-35-39-65(40-36-63)59-89(71-25-15-19-61(3)55-71)83-31-13-11-29-79(83)81-53-51-75(57-85(81)89)91(87-33-17-23-69-21-7-9-27-77(69)87)73-47-43-67(44-48-73)68-45-49-74(50-46-68)92(88-34-18-24-70-22-8-10-28-78(70)88)76-52-54-82-80-30-12-14-32-84(80)90(86(82)58-76,72-26-16-20-62(4)56-72)60-66-41-37-64(6-2)38-42-66/h5-58H,1-2,59-60H2,3-4H3. The highest BCUT2D eigenvalue weighted by atomic mass is 15.1. The van der Waals surface area contributed by atoms with Crippen molar-refractivity contribution in [3.8, 4) is 33.4 Å². The van der Waals surface area contributed by atoms with Crippen molar-refractivity contribution in [1.82, 2.24) is 0 Å². The Morgan fingerprint density at radius 2 is 0.663 bits per heavy atom. The second-order valence-corrected chi connectivity index (χ2v) is 25.1. The predicted molar refractivity (Wildman–Crippen MR) is 390 cm³/mol. The topological polar surface area (TPSA) is 6.48 Å². The minimum atomic E-state index is -0.468.